The monoisotopic (exact) mass is 194 g/mol. The summed E-state index contributed by atoms with van der Waals surface area (Å²) in [5.74, 6) is -1.21. The average Bonchev–Trinajstić information content (AvgIpc) is 1.82. The van der Waals surface area contributed by atoms with Gasteiger partial charge in [0.25, 0.3) is 0 Å². The minimum absolute atomic E-state index is 0. The molecule has 4 nitrogen and oxygen atoms in total. The molecule has 0 saturated carbocycles. The molecular weight excluding hydrogens is 184 g/mol. The first-order valence-electron chi connectivity index (χ1n) is 2.85. The molecule has 63 valence electrons. The molecule has 0 aliphatic rings. The Morgan fingerprint density at radius 3 is 2.40 bits per heavy atom. The first-order chi connectivity index (χ1) is 4.18. The second-order valence-corrected chi connectivity index (χ2v) is 1.86. The van der Waals surface area contributed by atoms with Crippen LogP contribution in [0.3, 0.4) is 0 Å². The van der Waals surface area contributed by atoms with Gasteiger partial charge in [-0.05, 0) is 19.4 Å². The SMILES string of the molecule is NCCC[C@H](N)C(=O)[O-].[Cu+2]. The molecule has 0 amide bonds. The molecule has 0 fully saturated rings. The number of carboxylic acids is 1. The molecule has 0 aromatic rings. The summed E-state index contributed by atoms with van der Waals surface area (Å²) in [5.41, 5.74) is 10.2. The fourth-order valence-electron chi connectivity index (χ4n) is 0.456. The van der Waals surface area contributed by atoms with Crippen molar-refractivity contribution in [1.29, 1.82) is 0 Å². The van der Waals surface area contributed by atoms with Crippen LogP contribution in [0.4, 0.5) is 0 Å². The zero-order valence-electron chi connectivity index (χ0n) is 5.47. The van der Waals surface area contributed by atoms with Crippen molar-refractivity contribution >= 4 is 5.97 Å². The normalized spacial score (nSPS) is 11.8. The Balaban J connectivity index is 0. The van der Waals surface area contributed by atoms with Crippen LogP contribution in [0.15, 0.2) is 0 Å². The van der Waals surface area contributed by atoms with Crippen LogP contribution in [0.1, 0.15) is 12.8 Å². The van der Waals surface area contributed by atoms with Crippen molar-refractivity contribution < 1.29 is 27.0 Å². The van der Waals surface area contributed by atoms with E-state index in [1.807, 2.05) is 0 Å². The molecule has 1 radical (unpaired) electrons. The minimum atomic E-state index is -1.21. The Bertz CT molecular complexity index is 99.6. The molecule has 5 heteroatoms. The molecule has 0 rings (SSSR count). The zero-order valence-corrected chi connectivity index (χ0v) is 6.41. The summed E-state index contributed by atoms with van der Waals surface area (Å²) >= 11 is 0. The largest absolute Gasteiger partial charge is 2.00 e. The molecular formula is C5H11CuN2O2+. The van der Waals surface area contributed by atoms with Crippen molar-refractivity contribution in [2.75, 3.05) is 6.54 Å². The number of nitrogens with two attached hydrogens (primary N) is 2. The molecule has 10 heavy (non-hydrogen) atoms. The molecule has 0 aliphatic carbocycles. The maximum atomic E-state index is 9.93. The smallest absolute Gasteiger partial charge is 0.548 e. The van der Waals surface area contributed by atoms with E-state index in [0.29, 0.717) is 19.4 Å². The van der Waals surface area contributed by atoms with Crippen LogP contribution in [0, 0.1) is 0 Å². The third kappa shape index (κ3) is 6.04. The van der Waals surface area contributed by atoms with E-state index in [9.17, 15) is 9.90 Å². The van der Waals surface area contributed by atoms with Crippen molar-refractivity contribution in [2.45, 2.75) is 18.9 Å². The van der Waals surface area contributed by atoms with Crippen LogP contribution < -0.4 is 16.6 Å². The van der Waals surface area contributed by atoms with E-state index in [0.717, 1.165) is 0 Å². The van der Waals surface area contributed by atoms with Crippen LogP contribution in [0.2, 0.25) is 0 Å². The summed E-state index contributed by atoms with van der Waals surface area (Å²) in [5, 5.41) is 9.93. The molecule has 0 spiro atoms. The van der Waals surface area contributed by atoms with Gasteiger partial charge in [0.15, 0.2) is 0 Å². The Labute approximate surface area is 70.4 Å². The predicted octanol–water partition coefficient (Wildman–Crippen LogP) is -2.20. The van der Waals surface area contributed by atoms with E-state index < -0.39 is 12.0 Å². The van der Waals surface area contributed by atoms with Gasteiger partial charge in [-0.15, -0.1) is 0 Å². The van der Waals surface area contributed by atoms with Gasteiger partial charge in [-0.3, -0.25) is 0 Å². The van der Waals surface area contributed by atoms with Gasteiger partial charge in [0.1, 0.15) is 0 Å². The number of carbonyl (C=O) groups is 1. The summed E-state index contributed by atoms with van der Waals surface area (Å²) in [4.78, 5) is 9.93. The maximum absolute atomic E-state index is 9.93. The molecule has 0 heterocycles. The van der Waals surface area contributed by atoms with Gasteiger partial charge in [0, 0.05) is 6.04 Å². The van der Waals surface area contributed by atoms with Crippen molar-refractivity contribution in [3.8, 4) is 0 Å². The van der Waals surface area contributed by atoms with E-state index in [4.69, 9.17) is 11.5 Å². The number of aliphatic carboxylic acids is 1. The van der Waals surface area contributed by atoms with Crippen molar-refractivity contribution in [1.82, 2.24) is 0 Å². The third-order valence-corrected chi connectivity index (χ3v) is 1.02. The Morgan fingerprint density at radius 2 is 2.10 bits per heavy atom. The molecule has 0 unspecified atom stereocenters. The van der Waals surface area contributed by atoms with E-state index >= 15 is 0 Å². The van der Waals surface area contributed by atoms with Crippen LogP contribution in [-0.2, 0) is 21.9 Å². The Kier molecular flexibility index (Phi) is 8.83. The summed E-state index contributed by atoms with van der Waals surface area (Å²) < 4.78 is 0. The van der Waals surface area contributed by atoms with Gasteiger partial charge in [-0.25, -0.2) is 0 Å². The van der Waals surface area contributed by atoms with Crippen LogP contribution in [0.5, 0.6) is 0 Å². The maximum Gasteiger partial charge on any atom is 2.00 e. The molecule has 1 atom stereocenters. The quantitative estimate of drug-likeness (QED) is 0.497. The predicted molar refractivity (Wildman–Crippen MR) is 31.3 cm³/mol. The summed E-state index contributed by atoms with van der Waals surface area (Å²) in [6, 6.07) is -0.853. The summed E-state index contributed by atoms with van der Waals surface area (Å²) in [7, 11) is 0. The number of carbonyl (C=O) groups excluding carboxylic acids is 1. The average molecular weight is 195 g/mol. The number of rotatable bonds is 4. The molecule has 0 saturated heterocycles. The van der Waals surface area contributed by atoms with Gasteiger partial charge in [0.05, 0.1) is 5.97 Å². The van der Waals surface area contributed by atoms with Crippen molar-refractivity contribution in [3.63, 3.8) is 0 Å². The van der Waals surface area contributed by atoms with Crippen molar-refractivity contribution in [3.05, 3.63) is 0 Å². The molecule has 0 aliphatic heterocycles. The molecule has 0 aromatic carbocycles. The molecule has 0 bridgehead atoms. The molecule has 4 N–H and O–H groups in total. The fraction of sp³-hybridized carbons (Fsp3) is 0.800. The van der Waals surface area contributed by atoms with Gasteiger partial charge < -0.3 is 21.4 Å². The second-order valence-electron chi connectivity index (χ2n) is 1.86. The first-order valence-corrected chi connectivity index (χ1v) is 2.85. The van der Waals surface area contributed by atoms with E-state index in [1.165, 1.54) is 0 Å². The third-order valence-electron chi connectivity index (χ3n) is 1.02. The zero-order chi connectivity index (χ0) is 7.28. The molecule has 0 aromatic heterocycles. The standard InChI is InChI=1S/C5H12N2O2.Cu/c6-3-1-2-4(7)5(8)9;/h4H,1-3,6-7H2,(H,8,9);/q;+2/p-1/t4-;/m0./s1. The van der Waals surface area contributed by atoms with Gasteiger partial charge >= 0.3 is 17.1 Å². The van der Waals surface area contributed by atoms with Crippen molar-refractivity contribution in [2.24, 2.45) is 11.5 Å². The van der Waals surface area contributed by atoms with Gasteiger partial charge in [-0.2, -0.15) is 0 Å². The summed E-state index contributed by atoms with van der Waals surface area (Å²) in [6.07, 6.45) is 1.04. The number of carboxylic acid groups (broad SMARTS) is 1. The van der Waals surface area contributed by atoms with Crippen LogP contribution in [0.25, 0.3) is 0 Å². The topological polar surface area (TPSA) is 92.2 Å². The Morgan fingerprint density at radius 1 is 1.60 bits per heavy atom. The first kappa shape index (κ1) is 12.6. The van der Waals surface area contributed by atoms with E-state index in [-0.39, 0.29) is 17.1 Å². The van der Waals surface area contributed by atoms with Crippen LogP contribution in [-0.4, -0.2) is 18.6 Å². The Hall–Kier alpha value is -0.0905. The summed E-state index contributed by atoms with van der Waals surface area (Å²) in [6.45, 7) is 0.473. The minimum Gasteiger partial charge on any atom is -0.548 e. The van der Waals surface area contributed by atoms with E-state index in [2.05, 4.69) is 0 Å². The number of hydrogen-bond acceptors (Lipinski definition) is 4. The van der Waals surface area contributed by atoms with Gasteiger partial charge in [0.2, 0.25) is 0 Å². The second kappa shape index (κ2) is 7.02. The fourth-order valence-corrected chi connectivity index (χ4v) is 0.456. The number of hydrogen-bond donors (Lipinski definition) is 2. The van der Waals surface area contributed by atoms with Crippen LogP contribution >= 0.6 is 0 Å². The van der Waals surface area contributed by atoms with E-state index in [1.54, 1.807) is 0 Å². The van der Waals surface area contributed by atoms with Gasteiger partial charge in [-0.1, -0.05) is 0 Å².